The smallest absolute Gasteiger partial charge is 0.364 e. The maximum Gasteiger partial charge on any atom is 0.417 e. The number of aromatic amines is 1. The third kappa shape index (κ3) is 2.43. The number of carbonyl (C=O) groups is 1. The van der Waals surface area contributed by atoms with Crippen molar-refractivity contribution >= 4 is 16.8 Å². The van der Waals surface area contributed by atoms with Crippen LogP contribution in [0.3, 0.4) is 0 Å². The van der Waals surface area contributed by atoms with Gasteiger partial charge in [0.25, 0.3) is 5.91 Å². The Hall–Kier alpha value is -2.76. The number of fused-ring (bicyclic) bond motifs is 1. The number of carbonyl (C=O) groups excluding carboxylic acids is 1. The Balaban J connectivity index is 2.17. The van der Waals surface area contributed by atoms with E-state index in [9.17, 15) is 18.0 Å². The van der Waals surface area contributed by atoms with Crippen LogP contribution in [-0.4, -0.2) is 10.9 Å². The van der Waals surface area contributed by atoms with Crippen molar-refractivity contribution in [2.45, 2.75) is 6.18 Å². The molecule has 2 aromatic carbocycles. The van der Waals surface area contributed by atoms with Crippen molar-refractivity contribution < 1.29 is 18.0 Å². The summed E-state index contributed by atoms with van der Waals surface area (Å²) >= 11 is 0. The van der Waals surface area contributed by atoms with Gasteiger partial charge in [-0.15, -0.1) is 0 Å². The molecule has 3 N–H and O–H groups in total. The highest BCUT2D eigenvalue weighted by molar-refractivity contribution is 5.98. The lowest BCUT2D eigenvalue weighted by Gasteiger charge is -2.12. The van der Waals surface area contributed by atoms with E-state index in [0.29, 0.717) is 16.5 Å². The van der Waals surface area contributed by atoms with E-state index >= 15 is 0 Å². The predicted octanol–water partition coefficient (Wildman–Crippen LogP) is 3.95. The van der Waals surface area contributed by atoms with Crippen molar-refractivity contribution in [1.29, 1.82) is 0 Å². The molecule has 6 heteroatoms. The molecule has 0 bridgehead atoms. The number of alkyl halides is 3. The number of amides is 1. The van der Waals surface area contributed by atoms with Crippen LogP contribution in [0.15, 0.2) is 48.5 Å². The van der Waals surface area contributed by atoms with Crippen molar-refractivity contribution in [3.63, 3.8) is 0 Å². The Morgan fingerprint density at radius 2 is 1.77 bits per heavy atom. The summed E-state index contributed by atoms with van der Waals surface area (Å²) in [6, 6.07) is 11.7. The average Bonchev–Trinajstić information content (AvgIpc) is 2.89. The molecular formula is C16H11F3N2O. The van der Waals surface area contributed by atoms with Gasteiger partial charge in [-0.3, -0.25) is 4.79 Å². The third-order valence-corrected chi connectivity index (χ3v) is 3.43. The maximum atomic E-state index is 13.1. The molecular weight excluding hydrogens is 293 g/mol. The zero-order valence-corrected chi connectivity index (χ0v) is 11.2. The second-order valence-electron chi connectivity index (χ2n) is 4.89. The van der Waals surface area contributed by atoms with Gasteiger partial charge in [0, 0.05) is 10.9 Å². The Kier molecular flexibility index (Phi) is 3.16. The van der Waals surface area contributed by atoms with Crippen molar-refractivity contribution in [2.75, 3.05) is 0 Å². The molecule has 0 atom stereocenters. The first-order chi connectivity index (χ1) is 10.4. The summed E-state index contributed by atoms with van der Waals surface area (Å²) in [5.74, 6) is -0.617. The van der Waals surface area contributed by atoms with Gasteiger partial charge in [-0.25, -0.2) is 0 Å². The van der Waals surface area contributed by atoms with E-state index in [-0.39, 0.29) is 11.3 Å². The van der Waals surface area contributed by atoms with Gasteiger partial charge in [0.05, 0.1) is 5.56 Å². The lowest BCUT2D eigenvalue weighted by molar-refractivity contribution is -0.137. The minimum atomic E-state index is -4.43. The third-order valence-electron chi connectivity index (χ3n) is 3.43. The van der Waals surface area contributed by atoms with E-state index in [1.807, 2.05) is 0 Å². The van der Waals surface area contributed by atoms with Crippen LogP contribution in [0.4, 0.5) is 13.2 Å². The topological polar surface area (TPSA) is 58.9 Å². The molecule has 3 aromatic rings. The zero-order chi connectivity index (χ0) is 15.9. The monoisotopic (exact) mass is 304 g/mol. The molecule has 3 rings (SSSR count). The molecule has 0 spiro atoms. The van der Waals surface area contributed by atoms with Crippen molar-refractivity contribution in [1.82, 2.24) is 4.98 Å². The van der Waals surface area contributed by atoms with E-state index in [4.69, 9.17) is 5.73 Å². The normalized spacial score (nSPS) is 11.8. The molecule has 0 unspecified atom stereocenters. The number of primary amides is 1. The molecule has 0 aliphatic rings. The fourth-order valence-electron chi connectivity index (χ4n) is 2.41. The summed E-state index contributed by atoms with van der Waals surface area (Å²) in [6.45, 7) is 0. The molecule has 112 valence electrons. The lowest BCUT2D eigenvalue weighted by Crippen LogP contribution is -2.10. The van der Waals surface area contributed by atoms with Gasteiger partial charge in [0.1, 0.15) is 5.69 Å². The number of rotatable bonds is 2. The van der Waals surface area contributed by atoms with Gasteiger partial charge in [-0.05, 0) is 35.4 Å². The molecule has 0 saturated heterocycles. The van der Waals surface area contributed by atoms with Crippen LogP contribution in [0.2, 0.25) is 0 Å². The standard InChI is InChI=1S/C16H11F3N2O/c17-16(18,19)12-4-2-1-3-11(12)9-5-6-13-10(7-9)8-14(21-13)15(20)22/h1-8,21H,(H2,20,22). The second-order valence-corrected chi connectivity index (χ2v) is 4.89. The second kappa shape index (κ2) is 4.91. The van der Waals surface area contributed by atoms with E-state index in [2.05, 4.69) is 4.98 Å². The van der Waals surface area contributed by atoms with Gasteiger partial charge in [-0.1, -0.05) is 24.3 Å². The van der Waals surface area contributed by atoms with Crippen LogP contribution in [0.5, 0.6) is 0 Å². The SMILES string of the molecule is NC(=O)c1cc2cc(-c3ccccc3C(F)(F)F)ccc2[nH]1. The first kappa shape index (κ1) is 14.2. The van der Waals surface area contributed by atoms with E-state index < -0.39 is 17.6 Å². The number of halogens is 3. The molecule has 22 heavy (non-hydrogen) atoms. The van der Waals surface area contributed by atoms with Gasteiger partial charge in [0.15, 0.2) is 0 Å². The molecule has 0 radical (unpaired) electrons. The van der Waals surface area contributed by atoms with E-state index in [1.54, 1.807) is 24.3 Å². The summed E-state index contributed by atoms with van der Waals surface area (Å²) in [5, 5.41) is 0.628. The Morgan fingerprint density at radius 1 is 1.05 bits per heavy atom. The number of nitrogens with one attached hydrogen (secondary N) is 1. The van der Waals surface area contributed by atoms with Gasteiger partial charge in [-0.2, -0.15) is 13.2 Å². The number of H-pyrrole nitrogens is 1. The van der Waals surface area contributed by atoms with Crippen LogP contribution in [0, 0.1) is 0 Å². The number of benzene rings is 2. The molecule has 1 aromatic heterocycles. The fraction of sp³-hybridized carbons (Fsp3) is 0.0625. The zero-order valence-electron chi connectivity index (χ0n) is 11.2. The van der Waals surface area contributed by atoms with Gasteiger partial charge < -0.3 is 10.7 Å². The highest BCUT2D eigenvalue weighted by Gasteiger charge is 2.33. The summed E-state index contributed by atoms with van der Waals surface area (Å²) in [6.07, 6.45) is -4.43. The first-order valence-electron chi connectivity index (χ1n) is 6.45. The Bertz CT molecular complexity index is 865. The molecule has 0 fully saturated rings. The average molecular weight is 304 g/mol. The maximum absolute atomic E-state index is 13.1. The van der Waals surface area contributed by atoms with E-state index in [0.717, 1.165) is 6.07 Å². The van der Waals surface area contributed by atoms with Gasteiger partial charge in [0.2, 0.25) is 0 Å². The number of nitrogens with two attached hydrogens (primary N) is 1. The summed E-state index contributed by atoms with van der Waals surface area (Å²) < 4.78 is 39.3. The highest BCUT2D eigenvalue weighted by Crippen LogP contribution is 2.37. The van der Waals surface area contributed by atoms with Crippen LogP contribution >= 0.6 is 0 Å². The number of hydrogen-bond acceptors (Lipinski definition) is 1. The van der Waals surface area contributed by atoms with Gasteiger partial charge >= 0.3 is 6.18 Å². The lowest BCUT2D eigenvalue weighted by atomic mass is 9.98. The largest absolute Gasteiger partial charge is 0.417 e. The molecule has 1 amide bonds. The molecule has 0 saturated carbocycles. The summed E-state index contributed by atoms with van der Waals surface area (Å²) in [5.41, 5.74) is 5.88. The van der Waals surface area contributed by atoms with E-state index in [1.165, 1.54) is 18.2 Å². The predicted molar refractivity (Wildman–Crippen MR) is 77.3 cm³/mol. The fourth-order valence-corrected chi connectivity index (χ4v) is 2.41. The molecule has 0 aliphatic heterocycles. The van der Waals surface area contributed by atoms with Crippen molar-refractivity contribution in [3.05, 3.63) is 59.8 Å². The number of aromatic nitrogens is 1. The summed E-state index contributed by atoms with van der Waals surface area (Å²) in [7, 11) is 0. The molecule has 1 heterocycles. The minimum absolute atomic E-state index is 0.0960. The quantitative estimate of drug-likeness (QED) is 0.740. The van der Waals surface area contributed by atoms with Crippen LogP contribution in [0.1, 0.15) is 16.1 Å². The minimum Gasteiger partial charge on any atom is -0.364 e. The molecule has 0 aliphatic carbocycles. The Labute approximate surface area is 123 Å². The van der Waals surface area contributed by atoms with Crippen molar-refractivity contribution in [2.24, 2.45) is 5.73 Å². The first-order valence-corrected chi connectivity index (χ1v) is 6.45. The Morgan fingerprint density at radius 3 is 2.45 bits per heavy atom. The van der Waals surface area contributed by atoms with Crippen LogP contribution in [-0.2, 0) is 6.18 Å². The molecule has 3 nitrogen and oxygen atoms in total. The van der Waals surface area contributed by atoms with Crippen LogP contribution < -0.4 is 5.73 Å². The van der Waals surface area contributed by atoms with Crippen LogP contribution in [0.25, 0.3) is 22.0 Å². The number of hydrogen-bond donors (Lipinski definition) is 2. The van der Waals surface area contributed by atoms with Crippen molar-refractivity contribution in [3.8, 4) is 11.1 Å². The highest BCUT2D eigenvalue weighted by atomic mass is 19.4. The summed E-state index contributed by atoms with van der Waals surface area (Å²) in [4.78, 5) is 14.0.